The van der Waals surface area contributed by atoms with Crippen LogP contribution in [0.25, 0.3) is 0 Å². The molecule has 0 atom stereocenters. The van der Waals surface area contributed by atoms with Crippen LogP contribution in [-0.4, -0.2) is 48.7 Å². The second-order valence-corrected chi connectivity index (χ2v) is 7.75. The van der Waals surface area contributed by atoms with E-state index in [1.807, 2.05) is 51.1 Å². The smallest absolute Gasteiger partial charge is 0.407 e. The van der Waals surface area contributed by atoms with E-state index in [-0.39, 0.29) is 18.7 Å². The van der Waals surface area contributed by atoms with Gasteiger partial charge in [-0.25, -0.2) is 4.79 Å². The summed E-state index contributed by atoms with van der Waals surface area (Å²) in [6.45, 7) is 8.51. The molecule has 2 rings (SSSR count). The highest BCUT2D eigenvalue weighted by Crippen LogP contribution is 2.17. The quantitative estimate of drug-likeness (QED) is 0.788. The fourth-order valence-electron chi connectivity index (χ4n) is 2.91. The van der Waals surface area contributed by atoms with Gasteiger partial charge in [-0.1, -0.05) is 30.3 Å². The second kappa shape index (κ2) is 9.57. The number of carbonyl (C=O) groups excluding carboxylic acids is 2. The van der Waals surface area contributed by atoms with E-state index < -0.39 is 5.60 Å². The number of rotatable bonds is 6. The molecule has 1 saturated heterocycles. The maximum Gasteiger partial charge on any atom is 0.407 e. The van der Waals surface area contributed by atoms with Gasteiger partial charge in [0.05, 0.1) is 6.54 Å². The Labute approximate surface area is 155 Å². The number of amides is 1. The molecule has 1 fully saturated rings. The minimum atomic E-state index is -0.445. The zero-order chi connectivity index (χ0) is 19.0. The summed E-state index contributed by atoms with van der Waals surface area (Å²) in [6, 6.07) is 9.61. The summed E-state index contributed by atoms with van der Waals surface area (Å²) in [6.07, 6.45) is 1.51. The molecule has 1 aliphatic rings. The highest BCUT2D eigenvalue weighted by molar-refractivity contribution is 5.72. The van der Waals surface area contributed by atoms with Crippen molar-refractivity contribution in [1.82, 2.24) is 10.2 Å². The van der Waals surface area contributed by atoms with Crippen LogP contribution in [0.3, 0.4) is 0 Å². The number of nitrogens with zero attached hydrogens (tertiary/aromatic N) is 1. The Balaban J connectivity index is 1.60. The van der Waals surface area contributed by atoms with Crippen LogP contribution < -0.4 is 5.32 Å². The Hall–Kier alpha value is -2.08. The monoisotopic (exact) mass is 362 g/mol. The molecule has 26 heavy (non-hydrogen) atoms. The van der Waals surface area contributed by atoms with E-state index in [2.05, 4.69) is 10.2 Å². The number of hydrogen-bond donors (Lipinski definition) is 1. The predicted molar refractivity (Wildman–Crippen MR) is 99.6 cm³/mol. The molecule has 6 nitrogen and oxygen atoms in total. The summed E-state index contributed by atoms with van der Waals surface area (Å²) in [5, 5.41) is 2.84. The predicted octanol–water partition coefficient (Wildman–Crippen LogP) is 2.97. The molecule has 6 heteroatoms. The Morgan fingerprint density at radius 3 is 2.42 bits per heavy atom. The molecule has 0 unspecified atom stereocenters. The minimum Gasteiger partial charge on any atom is -0.459 e. The zero-order valence-corrected chi connectivity index (χ0v) is 16.0. The molecule has 0 radical (unpaired) electrons. The lowest BCUT2D eigenvalue weighted by Crippen LogP contribution is -2.42. The number of carbonyl (C=O) groups is 2. The van der Waals surface area contributed by atoms with E-state index in [1.165, 1.54) is 0 Å². The van der Waals surface area contributed by atoms with E-state index >= 15 is 0 Å². The van der Waals surface area contributed by atoms with Crippen molar-refractivity contribution < 1.29 is 19.1 Å². The summed E-state index contributed by atoms with van der Waals surface area (Å²) in [7, 11) is 0. The summed E-state index contributed by atoms with van der Waals surface area (Å²) in [4.78, 5) is 25.8. The van der Waals surface area contributed by atoms with Crippen molar-refractivity contribution >= 4 is 12.1 Å². The molecule has 0 saturated carbocycles. The SMILES string of the molecule is CC(C)(C)OC(=O)CN1CCC(CNC(=O)OCc2ccccc2)CC1. The average molecular weight is 362 g/mol. The van der Waals surface area contributed by atoms with Crippen molar-refractivity contribution in [3.05, 3.63) is 35.9 Å². The summed E-state index contributed by atoms with van der Waals surface area (Å²) in [5.74, 6) is 0.229. The molecule has 144 valence electrons. The molecule has 0 aliphatic carbocycles. The Morgan fingerprint density at radius 2 is 1.81 bits per heavy atom. The largest absolute Gasteiger partial charge is 0.459 e. The number of nitrogens with one attached hydrogen (secondary N) is 1. The zero-order valence-electron chi connectivity index (χ0n) is 16.0. The number of likely N-dealkylation sites (tertiary alicyclic amines) is 1. The van der Waals surface area contributed by atoms with Crippen molar-refractivity contribution in [1.29, 1.82) is 0 Å². The lowest BCUT2D eigenvalue weighted by atomic mass is 9.97. The molecule has 0 aromatic heterocycles. The van der Waals surface area contributed by atoms with Gasteiger partial charge in [-0.3, -0.25) is 9.69 Å². The molecule has 1 aromatic carbocycles. The third-order valence-electron chi connectivity index (χ3n) is 4.23. The number of ether oxygens (including phenoxy) is 2. The third-order valence-corrected chi connectivity index (χ3v) is 4.23. The Bertz CT molecular complexity index is 575. The summed E-state index contributed by atoms with van der Waals surface area (Å²) >= 11 is 0. The molecular formula is C20H30N2O4. The van der Waals surface area contributed by atoms with Gasteiger partial charge in [0.2, 0.25) is 0 Å². The molecule has 1 N–H and O–H groups in total. The van der Waals surface area contributed by atoms with Crippen LogP contribution in [0.4, 0.5) is 4.79 Å². The first-order valence-corrected chi connectivity index (χ1v) is 9.20. The standard InChI is InChI=1S/C20H30N2O4/c1-20(2,3)26-18(23)14-22-11-9-16(10-12-22)13-21-19(24)25-15-17-7-5-4-6-8-17/h4-8,16H,9-15H2,1-3H3,(H,21,24). The number of hydrogen-bond acceptors (Lipinski definition) is 5. The van der Waals surface area contributed by atoms with Gasteiger partial charge in [-0.15, -0.1) is 0 Å². The van der Waals surface area contributed by atoms with Crippen molar-refractivity contribution in [2.75, 3.05) is 26.2 Å². The van der Waals surface area contributed by atoms with Gasteiger partial charge in [0.1, 0.15) is 12.2 Å². The van der Waals surface area contributed by atoms with Gasteiger partial charge in [-0.2, -0.15) is 0 Å². The number of esters is 1. The van der Waals surface area contributed by atoms with Crippen LogP contribution in [0, 0.1) is 5.92 Å². The summed E-state index contributed by atoms with van der Waals surface area (Å²) in [5.41, 5.74) is 0.525. The fraction of sp³-hybridized carbons (Fsp3) is 0.600. The third kappa shape index (κ3) is 7.87. The van der Waals surface area contributed by atoms with Crippen LogP contribution in [0.15, 0.2) is 30.3 Å². The molecular weight excluding hydrogens is 332 g/mol. The van der Waals surface area contributed by atoms with Crippen LogP contribution in [0.2, 0.25) is 0 Å². The van der Waals surface area contributed by atoms with Crippen molar-refractivity contribution in [3.8, 4) is 0 Å². The number of alkyl carbamates (subject to hydrolysis) is 1. The topological polar surface area (TPSA) is 67.9 Å². The van der Waals surface area contributed by atoms with Crippen LogP contribution >= 0.6 is 0 Å². The highest BCUT2D eigenvalue weighted by Gasteiger charge is 2.23. The Kier molecular flexibility index (Phi) is 7.45. The molecule has 0 spiro atoms. The second-order valence-electron chi connectivity index (χ2n) is 7.75. The van der Waals surface area contributed by atoms with Crippen LogP contribution in [0.1, 0.15) is 39.2 Å². The normalized spacial score (nSPS) is 16.1. The van der Waals surface area contributed by atoms with E-state index in [9.17, 15) is 9.59 Å². The first-order valence-electron chi connectivity index (χ1n) is 9.20. The van der Waals surface area contributed by atoms with E-state index in [4.69, 9.17) is 9.47 Å². The first kappa shape index (κ1) is 20.2. The molecule has 1 heterocycles. The summed E-state index contributed by atoms with van der Waals surface area (Å²) < 4.78 is 10.6. The number of benzene rings is 1. The maximum atomic E-state index is 11.9. The van der Waals surface area contributed by atoms with E-state index in [0.29, 0.717) is 19.0 Å². The van der Waals surface area contributed by atoms with Gasteiger partial charge < -0.3 is 14.8 Å². The van der Waals surface area contributed by atoms with Gasteiger partial charge >= 0.3 is 12.1 Å². The molecule has 1 aromatic rings. The number of piperidine rings is 1. The lowest BCUT2D eigenvalue weighted by molar-refractivity contribution is -0.156. The lowest BCUT2D eigenvalue weighted by Gasteiger charge is -2.32. The average Bonchev–Trinajstić information content (AvgIpc) is 2.58. The minimum absolute atomic E-state index is 0.182. The molecule has 0 bridgehead atoms. The van der Waals surface area contributed by atoms with Gasteiger partial charge in [0.15, 0.2) is 0 Å². The van der Waals surface area contributed by atoms with Gasteiger partial charge in [0, 0.05) is 6.54 Å². The van der Waals surface area contributed by atoms with Crippen molar-refractivity contribution in [3.63, 3.8) is 0 Å². The van der Waals surface area contributed by atoms with Crippen LogP contribution in [-0.2, 0) is 20.9 Å². The fourth-order valence-corrected chi connectivity index (χ4v) is 2.91. The molecule has 1 aliphatic heterocycles. The highest BCUT2D eigenvalue weighted by atomic mass is 16.6. The maximum absolute atomic E-state index is 11.9. The first-order chi connectivity index (χ1) is 12.3. The van der Waals surface area contributed by atoms with Crippen molar-refractivity contribution in [2.24, 2.45) is 5.92 Å². The van der Waals surface area contributed by atoms with E-state index in [0.717, 1.165) is 31.5 Å². The van der Waals surface area contributed by atoms with Crippen molar-refractivity contribution in [2.45, 2.75) is 45.8 Å². The van der Waals surface area contributed by atoms with Crippen LogP contribution in [0.5, 0.6) is 0 Å². The van der Waals surface area contributed by atoms with Gasteiger partial charge in [0.25, 0.3) is 0 Å². The Morgan fingerprint density at radius 1 is 1.15 bits per heavy atom. The van der Waals surface area contributed by atoms with Gasteiger partial charge in [-0.05, 0) is 58.2 Å². The van der Waals surface area contributed by atoms with E-state index in [1.54, 1.807) is 0 Å². The molecule has 1 amide bonds.